The van der Waals surface area contributed by atoms with E-state index in [0.29, 0.717) is 0 Å². The van der Waals surface area contributed by atoms with Gasteiger partial charge in [0, 0.05) is 32.2 Å². The van der Waals surface area contributed by atoms with Gasteiger partial charge in [-0.2, -0.15) is 5.26 Å². The van der Waals surface area contributed by atoms with E-state index in [4.69, 9.17) is 11.0 Å². The number of rotatable bonds is 3. The van der Waals surface area contributed by atoms with E-state index in [9.17, 15) is 0 Å². The first kappa shape index (κ1) is 11.8. The number of fused-ring (bicyclic) bond motifs is 1. The topological polar surface area (TPSA) is 56.3 Å². The Morgan fingerprint density at radius 1 is 1.44 bits per heavy atom. The van der Waals surface area contributed by atoms with E-state index in [-0.39, 0.29) is 0 Å². The maximum Gasteiger partial charge on any atom is 0.102 e. The van der Waals surface area contributed by atoms with Gasteiger partial charge in [0.25, 0.3) is 0 Å². The van der Waals surface area contributed by atoms with Crippen molar-refractivity contribution < 1.29 is 0 Å². The molecule has 2 N–H and O–H groups in total. The van der Waals surface area contributed by atoms with Gasteiger partial charge >= 0.3 is 0 Å². The van der Waals surface area contributed by atoms with Crippen molar-refractivity contribution in [3.8, 4) is 6.07 Å². The number of piperazine rings is 1. The van der Waals surface area contributed by atoms with Crippen LogP contribution in [0, 0.1) is 11.3 Å². The highest BCUT2D eigenvalue weighted by molar-refractivity contribution is 5.01. The highest BCUT2D eigenvalue weighted by Gasteiger charge is 2.31. The van der Waals surface area contributed by atoms with Gasteiger partial charge in [-0.05, 0) is 32.7 Å². The normalized spacial score (nSPS) is 30.7. The fourth-order valence-corrected chi connectivity index (χ4v) is 2.70. The quantitative estimate of drug-likeness (QED) is 0.751. The molecular weight excluding hydrogens is 200 g/mol. The van der Waals surface area contributed by atoms with E-state index in [0.717, 1.165) is 25.6 Å². The van der Waals surface area contributed by atoms with Crippen molar-refractivity contribution in [2.75, 3.05) is 32.7 Å². The molecule has 2 heterocycles. The Kier molecular flexibility index (Phi) is 3.48. The Bertz CT molecular complexity index is 281. The summed E-state index contributed by atoms with van der Waals surface area (Å²) in [6.07, 6.45) is 3.47. The molecule has 2 aliphatic heterocycles. The molecule has 90 valence electrons. The molecule has 0 amide bonds. The number of hydrogen-bond acceptors (Lipinski definition) is 4. The lowest BCUT2D eigenvalue weighted by atomic mass is 10.0. The highest BCUT2D eigenvalue weighted by Crippen LogP contribution is 2.21. The zero-order valence-corrected chi connectivity index (χ0v) is 10.2. The molecular formula is C12H22N4. The van der Waals surface area contributed by atoms with Gasteiger partial charge in [0.2, 0.25) is 0 Å². The van der Waals surface area contributed by atoms with Gasteiger partial charge in [-0.25, -0.2) is 0 Å². The zero-order chi connectivity index (χ0) is 11.6. The lowest BCUT2D eigenvalue weighted by molar-refractivity contribution is 0.101. The largest absolute Gasteiger partial charge is 0.314 e. The van der Waals surface area contributed by atoms with Crippen LogP contribution in [0.2, 0.25) is 0 Å². The zero-order valence-electron chi connectivity index (χ0n) is 10.2. The minimum absolute atomic E-state index is 0.660. The van der Waals surface area contributed by atoms with Crippen LogP contribution in [0.5, 0.6) is 0 Å². The second-order valence-corrected chi connectivity index (χ2v) is 5.41. The van der Waals surface area contributed by atoms with Crippen LogP contribution in [0.4, 0.5) is 0 Å². The van der Waals surface area contributed by atoms with Crippen LogP contribution in [0.1, 0.15) is 26.2 Å². The van der Waals surface area contributed by atoms with E-state index in [1.807, 2.05) is 6.92 Å². The molecule has 0 aliphatic carbocycles. The Morgan fingerprint density at radius 2 is 2.25 bits per heavy atom. The molecule has 0 saturated carbocycles. The van der Waals surface area contributed by atoms with Crippen LogP contribution in [-0.2, 0) is 0 Å². The van der Waals surface area contributed by atoms with E-state index < -0.39 is 5.54 Å². The lowest BCUT2D eigenvalue weighted by Gasteiger charge is -2.38. The monoisotopic (exact) mass is 222 g/mol. The fourth-order valence-electron chi connectivity index (χ4n) is 2.70. The SMILES string of the molecule is CC(N)(C#N)CCN1CCN2CCCC2C1. The maximum atomic E-state index is 8.87. The first-order valence-electron chi connectivity index (χ1n) is 6.27. The number of nitrogens with two attached hydrogens (primary N) is 1. The number of hydrogen-bond donors (Lipinski definition) is 1. The van der Waals surface area contributed by atoms with Crippen molar-refractivity contribution in [3.05, 3.63) is 0 Å². The molecule has 0 bridgehead atoms. The van der Waals surface area contributed by atoms with Crippen LogP contribution in [0.3, 0.4) is 0 Å². The summed E-state index contributed by atoms with van der Waals surface area (Å²) in [6.45, 7) is 7.56. The Morgan fingerprint density at radius 3 is 3.00 bits per heavy atom. The second kappa shape index (κ2) is 4.70. The summed E-state index contributed by atoms with van der Waals surface area (Å²) in [7, 11) is 0. The predicted octanol–water partition coefficient (Wildman–Crippen LogP) is 0.397. The summed E-state index contributed by atoms with van der Waals surface area (Å²) in [5.41, 5.74) is 5.18. The summed E-state index contributed by atoms with van der Waals surface area (Å²) < 4.78 is 0. The third-order valence-electron chi connectivity index (χ3n) is 3.87. The van der Waals surface area contributed by atoms with Gasteiger partial charge in [-0.15, -0.1) is 0 Å². The van der Waals surface area contributed by atoms with E-state index in [1.165, 1.54) is 32.5 Å². The summed E-state index contributed by atoms with van der Waals surface area (Å²) in [6, 6.07) is 2.93. The molecule has 0 aromatic rings. The van der Waals surface area contributed by atoms with Crippen molar-refractivity contribution in [3.63, 3.8) is 0 Å². The average molecular weight is 222 g/mol. The summed E-state index contributed by atoms with van der Waals surface area (Å²) >= 11 is 0. The minimum Gasteiger partial charge on any atom is -0.314 e. The standard InChI is InChI=1S/C12H22N4/c1-12(14,10-13)4-6-15-7-8-16-5-2-3-11(16)9-15/h11H,2-9,14H2,1H3. The number of nitriles is 1. The molecule has 2 rings (SSSR count). The third-order valence-corrected chi connectivity index (χ3v) is 3.87. The van der Waals surface area contributed by atoms with Gasteiger partial charge in [0.1, 0.15) is 5.54 Å². The van der Waals surface area contributed by atoms with Crippen LogP contribution in [0.25, 0.3) is 0 Å². The summed E-state index contributed by atoms with van der Waals surface area (Å²) in [4.78, 5) is 5.07. The molecule has 0 aromatic heterocycles. The molecule has 0 spiro atoms. The molecule has 2 aliphatic rings. The third kappa shape index (κ3) is 2.73. The second-order valence-electron chi connectivity index (χ2n) is 5.41. The number of nitrogens with zero attached hydrogens (tertiary/aromatic N) is 3. The van der Waals surface area contributed by atoms with Crippen LogP contribution in [0.15, 0.2) is 0 Å². The first-order valence-corrected chi connectivity index (χ1v) is 6.27. The van der Waals surface area contributed by atoms with Gasteiger partial charge in [0.15, 0.2) is 0 Å². The van der Waals surface area contributed by atoms with E-state index >= 15 is 0 Å². The van der Waals surface area contributed by atoms with Crippen molar-refractivity contribution in [1.29, 1.82) is 5.26 Å². The molecule has 2 saturated heterocycles. The lowest BCUT2D eigenvalue weighted by Crippen LogP contribution is -2.51. The van der Waals surface area contributed by atoms with E-state index in [2.05, 4.69) is 15.9 Å². The predicted molar refractivity (Wildman–Crippen MR) is 63.9 cm³/mol. The minimum atomic E-state index is -0.660. The molecule has 0 aromatic carbocycles. The van der Waals surface area contributed by atoms with E-state index in [1.54, 1.807) is 0 Å². The Hall–Kier alpha value is -0.630. The fraction of sp³-hybridized carbons (Fsp3) is 0.917. The van der Waals surface area contributed by atoms with Crippen molar-refractivity contribution in [2.45, 2.75) is 37.8 Å². The molecule has 4 nitrogen and oxygen atoms in total. The Balaban J connectivity index is 1.78. The molecule has 0 radical (unpaired) electrons. The van der Waals surface area contributed by atoms with Crippen molar-refractivity contribution >= 4 is 0 Å². The smallest absolute Gasteiger partial charge is 0.102 e. The van der Waals surface area contributed by atoms with Gasteiger partial charge in [-0.1, -0.05) is 0 Å². The van der Waals surface area contributed by atoms with Crippen LogP contribution >= 0.6 is 0 Å². The molecule has 4 heteroatoms. The van der Waals surface area contributed by atoms with Gasteiger partial charge in [-0.3, -0.25) is 4.90 Å². The maximum absolute atomic E-state index is 8.87. The molecule has 2 atom stereocenters. The summed E-state index contributed by atoms with van der Waals surface area (Å²) in [5.74, 6) is 0. The van der Waals surface area contributed by atoms with Gasteiger partial charge in [0.05, 0.1) is 6.07 Å². The highest BCUT2D eigenvalue weighted by atomic mass is 15.3. The summed E-state index contributed by atoms with van der Waals surface area (Å²) in [5, 5.41) is 8.87. The van der Waals surface area contributed by atoms with Crippen molar-refractivity contribution in [2.24, 2.45) is 5.73 Å². The Labute approximate surface area is 98.0 Å². The van der Waals surface area contributed by atoms with Crippen molar-refractivity contribution in [1.82, 2.24) is 9.80 Å². The van der Waals surface area contributed by atoms with Gasteiger partial charge < -0.3 is 10.6 Å². The molecule has 2 fully saturated rings. The first-order chi connectivity index (χ1) is 7.61. The average Bonchev–Trinajstić information content (AvgIpc) is 2.73. The molecule has 16 heavy (non-hydrogen) atoms. The van der Waals surface area contributed by atoms with Crippen LogP contribution in [-0.4, -0.2) is 54.1 Å². The molecule has 2 unspecified atom stereocenters. The van der Waals surface area contributed by atoms with Crippen LogP contribution < -0.4 is 5.73 Å².